The van der Waals surface area contributed by atoms with Crippen LogP contribution in [0.25, 0.3) is 0 Å². The molecular formula is C10H16ClN5O. The number of ether oxygens (including phenoxy) is 1. The molecule has 1 aliphatic heterocycles. The van der Waals surface area contributed by atoms with E-state index in [1.807, 2.05) is 0 Å². The SMILES string of the molecule is COc1nc(Cl)nc(N2CCNCC2(C)C)n1. The third kappa shape index (κ3) is 2.58. The Morgan fingerprint density at radius 1 is 1.35 bits per heavy atom. The molecule has 7 heteroatoms. The molecule has 1 aliphatic rings. The monoisotopic (exact) mass is 257 g/mol. The maximum absolute atomic E-state index is 5.86. The topological polar surface area (TPSA) is 63.2 Å². The summed E-state index contributed by atoms with van der Waals surface area (Å²) >= 11 is 5.86. The number of halogens is 1. The van der Waals surface area contributed by atoms with E-state index in [2.05, 4.69) is 39.0 Å². The molecule has 1 fully saturated rings. The molecule has 6 nitrogen and oxygen atoms in total. The molecule has 0 bridgehead atoms. The van der Waals surface area contributed by atoms with Crippen LogP contribution in [0.15, 0.2) is 0 Å². The summed E-state index contributed by atoms with van der Waals surface area (Å²) in [6.45, 7) is 6.86. The lowest BCUT2D eigenvalue weighted by Gasteiger charge is -2.42. The summed E-state index contributed by atoms with van der Waals surface area (Å²) in [5, 5.41) is 3.49. The van der Waals surface area contributed by atoms with Crippen molar-refractivity contribution in [3.63, 3.8) is 0 Å². The molecule has 0 unspecified atom stereocenters. The van der Waals surface area contributed by atoms with Crippen molar-refractivity contribution in [2.24, 2.45) is 0 Å². The van der Waals surface area contributed by atoms with Crippen LogP contribution in [0.2, 0.25) is 5.28 Å². The Kier molecular flexibility index (Phi) is 3.35. The lowest BCUT2D eigenvalue weighted by molar-refractivity contribution is 0.359. The molecule has 1 aromatic rings. The average Bonchev–Trinajstić information content (AvgIpc) is 2.27. The van der Waals surface area contributed by atoms with E-state index in [4.69, 9.17) is 16.3 Å². The van der Waals surface area contributed by atoms with Gasteiger partial charge < -0.3 is 15.0 Å². The molecule has 1 N–H and O–H groups in total. The zero-order valence-corrected chi connectivity index (χ0v) is 11.0. The lowest BCUT2D eigenvalue weighted by Crippen LogP contribution is -2.58. The van der Waals surface area contributed by atoms with Gasteiger partial charge in [0.1, 0.15) is 0 Å². The molecule has 17 heavy (non-hydrogen) atoms. The summed E-state index contributed by atoms with van der Waals surface area (Å²) in [6.07, 6.45) is 0. The number of hydrogen-bond donors (Lipinski definition) is 1. The van der Waals surface area contributed by atoms with Crippen LogP contribution in [0, 0.1) is 0 Å². The number of nitrogens with zero attached hydrogens (tertiary/aromatic N) is 4. The quantitative estimate of drug-likeness (QED) is 0.843. The largest absolute Gasteiger partial charge is 0.467 e. The van der Waals surface area contributed by atoms with Crippen LogP contribution < -0.4 is 15.0 Å². The van der Waals surface area contributed by atoms with Gasteiger partial charge in [0.25, 0.3) is 0 Å². The van der Waals surface area contributed by atoms with Gasteiger partial charge in [0.2, 0.25) is 11.2 Å². The summed E-state index contributed by atoms with van der Waals surface area (Å²) in [4.78, 5) is 14.4. The molecule has 2 rings (SSSR count). The molecule has 0 aliphatic carbocycles. The van der Waals surface area contributed by atoms with Crippen LogP contribution in [0.3, 0.4) is 0 Å². The number of aromatic nitrogens is 3. The normalized spacial score (nSPS) is 19.2. The Morgan fingerprint density at radius 2 is 2.12 bits per heavy atom. The fourth-order valence-corrected chi connectivity index (χ4v) is 2.04. The summed E-state index contributed by atoms with van der Waals surface area (Å²) in [5.41, 5.74) is -0.0616. The van der Waals surface area contributed by atoms with Gasteiger partial charge in [0, 0.05) is 25.2 Å². The van der Waals surface area contributed by atoms with Gasteiger partial charge in [-0.25, -0.2) is 0 Å². The van der Waals surface area contributed by atoms with Crippen molar-refractivity contribution in [1.29, 1.82) is 0 Å². The Bertz CT molecular complexity index is 412. The number of methoxy groups -OCH3 is 1. The lowest BCUT2D eigenvalue weighted by atomic mass is 10.0. The maximum atomic E-state index is 5.86. The summed E-state index contributed by atoms with van der Waals surface area (Å²) in [6, 6.07) is 0.245. The first kappa shape index (κ1) is 12.3. The molecule has 1 aromatic heterocycles. The minimum atomic E-state index is -0.0616. The van der Waals surface area contributed by atoms with Gasteiger partial charge in [-0.05, 0) is 25.4 Å². The second kappa shape index (κ2) is 4.62. The molecule has 0 saturated carbocycles. The van der Waals surface area contributed by atoms with Crippen molar-refractivity contribution in [3.05, 3.63) is 5.28 Å². The van der Waals surface area contributed by atoms with E-state index in [-0.39, 0.29) is 16.8 Å². The first-order valence-corrected chi connectivity index (χ1v) is 5.85. The van der Waals surface area contributed by atoms with Gasteiger partial charge in [0.15, 0.2) is 0 Å². The van der Waals surface area contributed by atoms with Crippen LogP contribution in [0.4, 0.5) is 5.95 Å². The summed E-state index contributed by atoms with van der Waals surface area (Å²) in [7, 11) is 1.51. The van der Waals surface area contributed by atoms with E-state index < -0.39 is 0 Å². The summed E-state index contributed by atoms with van der Waals surface area (Å²) in [5.74, 6) is 0.563. The van der Waals surface area contributed by atoms with E-state index >= 15 is 0 Å². The number of rotatable bonds is 2. The second-order valence-electron chi connectivity index (χ2n) is 4.53. The van der Waals surface area contributed by atoms with E-state index in [0.29, 0.717) is 5.95 Å². The minimum Gasteiger partial charge on any atom is -0.467 e. The Hall–Kier alpha value is -1.14. The number of piperazine rings is 1. The van der Waals surface area contributed by atoms with Gasteiger partial charge in [-0.3, -0.25) is 0 Å². The highest BCUT2D eigenvalue weighted by atomic mass is 35.5. The first-order chi connectivity index (χ1) is 8.03. The number of anilines is 1. The molecule has 0 aromatic carbocycles. The molecule has 94 valence electrons. The van der Waals surface area contributed by atoms with E-state index in [1.54, 1.807) is 0 Å². The standard InChI is InChI=1S/C10H16ClN5O/c1-10(2)6-12-4-5-16(10)8-13-7(11)14-9(15-8)17-3/h12H,4-6H2,1-3H3. The average molecular weight is 258 g/mol. The fourth-order valence-electron chi connectivity index (χ4n) is 1.89. The molecule has 1 saturated heterocycles. The van der Waals surface area contributed by atoms with Gasteiger partial charge in [-0.15, -0.1) is 0 Å². The smallest absolute Gasteiger partial charge is 0.322 e. The van der Waals surface area contributed by atoms with Crippen molar-refractivity contribution in [1.82, 2.24) is 20.3 Å². The van der Waals surface area contributed by atoms with E-state index in [0.717, 1.165) is 19.6 Å². The first-order valence-electron chi connectivity index (χ1n) is 5.47. The maximum Gasteiger partial charge on any atom is 0.322 e. The predicted octanol–water partition coefficient (Wildman–Crippen LogP) is 0.722. The zero-order chi connectivity index (χ0) is 12.5. The molecule has 0 atom stereocenters. The molecular weight excluding hydrogens is 242 g/mol. The third-order valence-electron chi connectivity index (χ3n) is 2.80. The molecule has 0 amide bonds. The van der Waals surface area contributed by atoms with Crippen molar-refractivity contribution in [3.8, 4) is 6.01 Å². The highest BCUT2D eigenvalue weighted by Gasteiger charge is 2.32. The second-order valence-corrected chi connectivity index (χ2v) is 4.87. The molecule has 2 heterocycles. The van der Waals surface area contributed by atoms with E-state index in [1.165, 1.54) is 7.11 Å². The van der Waals surface area contributed by atoms with Gasteiger partial charge in [-0.1, -0.05) is 0 Å². The van der Waals surface area contributed by atoms with Gasteiger partial charge >= 0.3 is 6.01 Å². The van der Waals surface area contributed by atoms with Crippen LogP contribution in [0.1, 0.15) is 13.8 Å². The van der Waals surface area contributed by atoms with Crippen molar-refractivity contribution in [2.45, 2.75) is 19.4 Å². The van der Waals surface area contributed by atoms with Crippen LogP contribution in [-0.4, -0.2) is 47.2 Å². The Balaban J connectivity index is 2.35. The van der Waals surface area contributed by atoms with Gasteiger partial charge in [0.05, 0.1) is 7.11 Å². The highest BCUT2D eigenvalue weighted by Crippen LogP contribution is 2.24. The number of hydrogen-bond acceptors (Lipinski definition) is 6. The van der Waals surface area contributed by atoms with Gasteiger partial charge in [-0.2, -0.15) is 15.0 Å². The van der Waals surface area contributed by atoms with Crippen LogP contribution >= 0.6 is 11.6 Å². The Labute approximate surface area is 105 Å². The summed E-state index contributed by atoms with van der Waals surface area (Å²) < 4.78 is 5.01. The van der Waals surface area contributed by atoms with Crippen LogP contribution in [-0.2, 0) is 0 Å². The zero-order valence-electron chi connectivity index (χ0n) is 10.2. The fraction of sp³-hybridized carbons (Fsp3) is 0.700. The third-order valence-corrected chi connectivity index (χ3v) is 2.97. The highest BCUT2D eigenvalue weighted by molar-refractivity contribution is 6.28. The molecule has 0 radical (unpaired) electrons. The van der Waals surface area contributed by atoms with Crippen LogP contribution in [0.5, 0.6) is 6.01 Å². The Morgan fingerprint density at radius 3 is 2.76 bits per heavy atom. The molecule has 0 spiro atoms. The minimum absolute atomic E-state index is 0.0616. The van der Waals surface area contributed by atoms with E-state index in [9.17, 15) is 0 Å². The van der Waals surface area contributed by atoms with Crippen molar-refractivity contribution >= 4 is 17.5 Å². The number of nitrogens with one attached hydrogen (secondary N) is 1. The van der Waals surface area contributed by atoms with Crippen molar-refractivity contribution in [2.75, 3.05) is 31.6 Å². The predicted molar refractivity (Wildman–Crippen MR) is 65.7 cm³/mol. The van der Waals surface area contributed by atoms with Crippen molar-refractivity contribution < 1.29 is 4.74 Å².